The predicted molar refractivity (Wildman–Crippen MR) is 161 cm³/mol. The van der Waals surface area contributed by atoms with Crippen LogP contribution in [0.25, 0.3) is 0 Å². The van der Waals surface area contributed by atoms with Gasteiger partial charge in [-0.05, 0) is 102 Å². The number of hydrogen-bond acceptors (Lipinski definition) is 5. The van der Waals surface area contributed by atoms with Crippen LogP contribution in [-0.4, -0.2) is 52.5 Å². The molecule has 7 nitrogen and oxygen atoms in total. The van der Waals surface area contributed by atoms with Crippen LogP contribution in [0.2, 0.25) is 0 Å². The van der Waals surface area contributed by atoms with E-state index in [9.17, 15) is 14.4 Å². The molecule has 0 saturated carbocycles. The summed E-state index contributed by atoms with van der Waals surface area (Å²) >= 11 is 1.59. The molecule has 3 amide bonds. The van der Waals surface area contributed by atoms with Crippen molar-refractivity contribution in [3.63, 3.8) is 0 Å². The van der Waals surface area contributed by atoms with E-state index in [0.717, 1.165) is 22.3 Å². The van der Waals surface area contributed by atoms with E-state index in [4.69, 9.17) is 4.74 Å². The summed E-state index contributed by atoms with van der Waals surface area (Å²) in [6, 6.07) is 11.4. The summed E-state index contributed by atoms with van der Waals surface area (Å²) in [7, 11) is 0. The number of amides is 3. The van der Waals surface area contributed by atoms with Gasteiger partial charge in [0.05, 0.1) is 0 Å². The maximum atomic E-state index is 14.3. The van der Waals surface area contributed by atoms with Gasteiger partial charge >= 0.3 is 6.09 Å². The molecule has 0 aliphatic carbocycles. The fraction of sp³-hybridized carbons (Fsp3) is 0.516. The Hall–Kier alpha value is -3.00. The largest absolute Gasteiger partial charge is 0.444 e. The number of para-hydroxylation sites is 1. The van der Waals surface area contributed by atoms with E-state index >= 15 is 0 Å². The van der Waals surface area contributed by atoms with Crippen LogP contribution >= 0.6 is 11.8 Å². The monoisotopic (exact) mass is 555 g/mol. The van der Waals surface area contributed by atoms with E-state index in [1.807, 2.05) is 83.3 Å². The van der Waals surface area contributed by atoms with Crippen molar-refractivity contribution in [2.45, 2.75) is 92.0 Å². The smallest absolute Gasteiger partial charge is 0.408 e. The average molecular weight is 556 g/mol. The SMILES string of the molecule is CCC(C)N(C(=O)C(CCSC)NC(=O)OC(C)(C)C)C(C(=O)Nc1ccccc1C)c1ccc(C)c(C)c1. The van der Waals surface area contributed by atoms with E-state index in [2.05, 4.69) is 10.6 Å². The third-order valence-electron chi connectivity index (χ3n) is 6.70. The van der Waals surface area contributed by atoms with Crippen LogP contribution in [0.1, 0.15) is 75.8 Å². The van der Waals surface area contributed by atoms with E-state index in [1.165, 1.54) is 0 Å². The minimum atomic E-state index is -0.899. The normalized spacial score (nSPS) is 13.7. The lowest BCUT2D eigenvalue weighted by molar-refractivity contribution is -0.143. The van der Waals surface area contributed by atoms with Crippen LogP contribution in [0.3, 0.4) is 0 Å². The Morgan fingerprint density at radius 3 is 2.23 bits per heavy atom. The molecule has 0 aromatic heterocycles. The van der Waals surface area contributed by atoms with Crippen LogP contribution in [-0.2, 0) is 14.3 Å². The predicted octanol–water partition coefficient (Wildman–Crippen LogP) is 6.57. The molecule has 3 unspecified atom stereocenters. The van der Waals surface area contributed by atoms with Gasteiger partial charge in [0.1, 0.15) is 17.7 Å². The quantitative estimate of drug-likeness (QED) is 0.328. The molecule has 2 N–H and O–H groups in total. The lowest BCUT2D eigenvalue weighted by Gasteiger charge is -2.38. The van der Waals surface area contributed by atoms with Gasteiger partial charge in [0.15, 0.2) is 0 Å². The molecule has 2 rings (SSSR count). The molecule has 2 aromatic carbocycles. The van der Waals surface area contributed by atoms with E-state index in [1.54, 1.807) is 37.4 Å². The second-order valence-corrected chi connectivity index (χ2v) is 12.0. The summed E-state index contributed by atoms with van der Waals surface area (Å²) in [6.45, 7) is 15.2. The van der Waals surface area contributed by atoms with E-state index in [0.29, 0.717) is 24.3 Å². The number of rotatable bonds is 11. The molecule has 0 spiro atoms. The highest BCUT2D eigenvalue weighted by atomic mass is 32.2. The molecule has 3 atom stereocenters. The number of alkyl carbamates (subject to hydrolysis) is 1. The van der Waals surface area contributed by atoms with E-state index in [-0.39, 0.29) is 17.9 Å². The van der Waals surface area contributed by atoms with Crippen molar-refractivity contribution in [3.05, 3.63) is 64.7 Å². The maximum absolute atomic E-state index is 14.3. The minimum Gasteiger partial charge on any atom is -0.444 e. The zero-order valence-corrected chi connectivity index (χ0v) is 25.7. The Bertz CT molecular complexity index is 1140. The van der Waals surface area contributed by atoms with Crippen LogP contribution in [0.4, 0.5) is 10.5 Å². The summed E-state index contributed by atoms with van der Waals surface area (Å²) in [5.74, 6) is 0.0408. The van der Waals surface area contributed by atoms with Gasteiger partial charge in [-0.15, -0.1) is 0 Å². The van der Waals surface area contributed by atoms with Gasteiger partial charge in [0.2, 0.25) is 5.91 Å². The molecule has 0 bridgehead atoms. The summed E-state index contributed by atoms with van der Waals surface area (Å²) < 4.78 is 5.47. The zero-order valence-electron chi connectivity index (χ0n) is 24.9. The third kappa shape index (κ3) is 9.31. The van der Waals surface area contributed by atoms with Gasteiger partial charge in [-0.25, -0.2) is 4.79 Å². The Balaban J connectivity index is 2.59. The molecule has 0 aliphatic rings. The van der Waals surface area contributed by atoms with Gasteiger partial charge in [0.25, 0.3) is 5.91 Å². The van der Waals surface area contributed by atoms with Crippen LogP contribution in [0, 0.1) is 20.8 Å². The van der Waals surface area contributed by atoms with Gasteiger partial charge in [-0.1, -0.05) is 43.3 Å². The lowest BCUT2D eigenvalue weighted by atomic mass is 9.96. The summed E-state index contributed by atoms with van der Waals surface area (Å²) in [5.41, 5.74) is 3.77. The molecular formula is C31H45N3O4S. The van der Waals surface area contributed by atoms with Gasteiger partial charge < -0.3 is 20.3 Å². The fourth-order valence-corrected chi connectivity index (χ4v) is 4.68. The van der Waals surface area contributed by atoms with Crippen molar-refractivity contribution in [3.8, 4) is 0 Å². The second-order valence-electron chi connectivity index (χ2n) is 11.0. The number of nitrogens with zero attached hydrogens (tertiary/aromatic N) is 1. The highest BCUT2D eigenvalue weighted by molar-refractivity contribution is 7.98. The lowest BCUT2D eigenvalue weighted by Crippen LogP contribution is -2.55. The minimum absolute atomic E-state index is 0.274. The molecule has 8 heteroatoms. The number of nitrogens with one attached hydrogen (secondary N) is 2. The van der Waals surface area contributed by atoms with Crippen molar-refractivity contribution in [1.82, 2.24) is 10.2 Å². The number of carbonyl (C=O) groups is 3. The Morgan fingerprint density at radius 1 is 1.00 bits per heavy atom. The van der Waals surface area contributed by atoms with Crippen LogP contribution in [0.15, 0.2) is 42.5 Å². The molecule has 0 fully saturated rings. The molecule has 0 saturated heterocycles. The first kappa shape index (κ1) is 32.2. The highest BCUT2D eigenvalue weighted by Gasteiger charge is 2.38. The second kappa shape index (κ2) is 14.4. The summed E-state index contributed by atoms with van der Waals surface area (Å²) in [4.78, 5) is 42.7. The van der Waals surface area contributed by atoms with Crippen molar-refractivity contribution in [2.75, 3.05) is 17.3 Å². The number of anilines is 1. The number of benzene rings is 2. The number of thioether (sulfide) groups is 1. The van der Waals surface area contributed by atoms with Crippen molar-refractivity contribution < 1.29 is 19.1 Å². The average Bonchev–Trinajstić information content (AvgIpc) is 2.86. The maximum Gasteiger partial charge on any atom is 0.408 e. The van der Waals surface area contributed by atoms with Gasteiger partial charge in [-0.2, -0.15) is 11.8 Å². The number of ether oxygens (including phenoxy) is 1. The standard InChI is InChI=1S/C31H45N3O4S/c1-10-23(5)34(29(36)26(17-18-39-9)33-30(37)38-31(6,7)8)27(24-16-15-20(2)22(4)19-24)28(35)32-25-14-12-11-13-21(25)3/h11-16,19,23,26-27H,10,17-18H2,1-9H3,(H,32,35)(H,33,37). The first-order chi connectivity index (χ1) is 18.3. The highest BCUT2D eigenvalue weighted by Crippen LogP contribution is 2.30. The third-order valence-corrected chi connectivity index (χ3v) is 7.34. The molecule has 0 heterocycles. The van der Waals surface area contributed by atoms with E-state index < -0.39 is 23.8 Å². The van der Waals surface area contributed by atoms with Crippen molar-refractivity contribution in [1.29, 1.82) is 0 Å². The summed E-state index contributed by atoms with van der Waals surface area (Å²) in [5, 5.41) is 5.86. The number of aryl methyl sites for hydroxylation is 3. The first-order valence-electron chi connectivity index (χ1n) is 13.5. The number of hydrogen-bond donors (Lipinski definition) is 2. The van der Waals surface area contributed by atoms with Crippen molar-refractivity contribution in [2.24, 2.45) is 0 Å². The molecule has 2 aromatic rings. The topological polar surface area (TPSA) is 87.7 Å². The zero-order chi connectivity index (χ0) is 29.3. The summed E-state index contributed by atoms with van der Waals surface area (Å²) in [6.07, 6.45) is 2.34. The fourth-order valence-electron chi connectivity index (χ4n) is 4.21. The Kier molecular flexibility index (Phi) is 11.9. The first-order valence-corrected chi connectivity index (χ1v) is 14.9. The Labute approximate surface area is 238 Å². The molecule has 0 aliphatic heterocycles. The van der Waals surface area contributed by atoms with Gasteiger partial charge in [-0.3, -0.25) is 9.59 Å². The number of carbonyl (C=O) groups excluding carboxylic acids is 3. The Morgan fingerprint density at radius 2 is 1.67 bits per heavy atom. The molecular weight excluding hydrogens is 510 g/mol. The van der Waals surface area contributed by atoms with Crippen LogP contribution in [0.5, 0.6) is 0 Å². The van der Waals surface area contributed by atoms with Crippen LogP contribution < -0.4 is 10.6 Å². The molecule has 0 radical (unpaired) electrons. The van der Waals surface area contributed by atoms with Gasteiger partial charge in [0, 0.05) is 11.7 Å². The van der Waals surface area contributed by atoms with Crippen molar-refractivity contribution >= 4 is 35.4 Å². The molecule has 214 valence electrons. The molecule has 39 heavy (non-hydrogen) atoms.